The van der Waals surface area contributed by atoms with Gasteiger partial charge in [-0.25, -0.2) is 0 Å². The van der Waals surface area contributed by atoms with E-state index in [1.54, 1.807) is 11.1 Å². The summed E-state index contributed by atoms with van der Waals surface area (Å²) >= 11 is 0. The Morgan fingerprint density at radius 3 is 2.28 bits per heavy atom. The maximum atomic E-state index is 2.35. The van der Waals surface area contributed by atoms with Gasteiger partial charge in [-0.1, -0.05) is 63.1 Å². The Balaban J connectivity index is 2.41. The number of benzene rings is 2. The van der Waals surface area contributed by atoms with Gasteiger partial charge in [-0.05, 0) is 47.6 Å². The molecule has 0 aliphatic rings. The molecular formula is C18H24. The van der Waals surface area contributed by atoms with Crippen LogP contribution in [0.15, 0.2) is 36.4 Å². The molecule has 2 aromatic carbocycles. The van der Waals surface area contributed by atoms with E-state index in [0.717, 1.165) is 0 Å². The van der Waals surface area contributed by atoms with E-state index < -0.39 is 0 Å². The molecule has 0 N–H and O–H groups in total. The Hall–Kier alpha value is -1.30. The molecule has 0 saturated heterocycles. The van der Waals surface area contributed by atoms with Crippen LogP contribution in [0, 0.1) is 0 Å². The van der Waals surface area contributed by atoms with Crippen molar-refractivity contribution < 1.29 is 0 Å². The molecule has 0 fully saturated rings. The van der Waals surface area contributed by atoms with E-state index in [9.17, 15) is 0 Å². The van der Waals surface area contributed by atoms with E-state index in [1.165, 1.54) is 49.3 Å². The van der Waals surface area contributed by atoms with Crippen LogP contribution in [0.4, 0.5) is 0 Å². The van der Waals surface area contributed by atoms with Gasteiger partial charge in [-0.3, -0.25) is 0 Å². The van der Waals surface area contributed by atoms with Crippen LogP contribution in [0.3, 0.4) is 0 Å². The molecule has 0 spiro atoms. The van der Waals surface area contributed by atoms with Gasteiger partial charge in [-0.15, -0.1) is 0 Å². The minimum atomic E-state index is 1.23. The number of rotatable bonds is 6. The van der Waals surface area contributed by atoms with E-state index in [-0.39, 0.29) is 0 Å². The van der Waals surface area contributed by atoms with Gasteiger partial charge in [0, 0.05) is 0 Å². The average molecular weight is 240 g/mol. The molecule has 0 amide bonds. The summed E-state index contributed by atoms with van der Waals surface area (Å²) in [5, 5.41) is 2.86. The second kappa shape index (κ2) is 6.58. The summed E-state index contributed by atoms with van der Waals surface area (Å²) in [7, 11) is 0. The van der Waals surface area contributed by atoms with E-state index in [0.29, 0.717) is 0 Å². The highest BCUT2D eigenvalue weighted by atomic mass is 14.1. The van der Waals surface area contributed by atoms with Crippen molar-refractivity contribution in [2.24, 2.45) is 0 Å². The van der Waals surface area contributed by atoms with Gasteiger partial charge >= 0.3 is 0 Å². The molecule has 2 rings (SSSR count). The molecule has 96 valence electrons. The zero-order chi connectivity index (χ0) is 12.8. The lowest BCUT2D eigenvalue weighted by molar-refractivity contribution is 0.762. The molecule has 2 aromatic rings. The van der Waals surface area contributed by atoms with Gasteiger partial charge in [-0.2, -0.15) is 0 Å². The molecular weight excluding hydrogens is 216 g/mol. The maximum Gasteiger partial charge on any atom is -0.0149 e. The second-order valence-electron chi connectivity index (χ2n) is 5.13. The fourth-order valence-corrected chi connectivity index (χ4v) is 2.63. The molecule has 0 saturated carbocycles. The highest BCUT2D eigenvalue weighted by molar-refractivity contribution is 5.86. The van der Waals surface area contributed by atoms with Crippen molar-refractivity contribution in [2.45, 2.75) is 52.4 Å². The van der Waals surface area contributed by atoms with Crippen molar-refractivity contribution in [1.29, 1.82) is 0 Å². The van der Waals surface area contributed by atoms with Crippen molar-refractivity contribution in [1.82, 2.24) is 0 Å². The third-order valence-corrected chi connectivity index (χ3v) is 3.72. The predicted octanol–water partition coefficient (Wildman–Crippen LogP) is 5.53. The molecule has 0 bridgehead atoms. The van der Waals surface area contributed by atoms with Crippen LogP contribution < -0.4 is 0 Å². The van der Waals surface area contributed by atoms with Crippen LogP contribution in [0.1, 0.15) is 50.7 Å². The SMILES string of the molecule is CCCCc1ccc2ccccc2c1CCCC. The summed E-state index contributed by atoms with van der Waals surface area (Å²) in [6, 6.07) is 13.5. The molecule has 18 heavy (non-hydrogen) atoms. The molecule has 0 radical (unpaired) electrons. The maximum absolute atomic E-state index is 2.35. The van der Waals surface area contributed by atoms with Crippen LogP contribution in [0.25, 0.3) is 10.8 Å². The third-order valence-electron chi connectivity index (χ3n) is 3.72. The minimum Gasteiger partial charge on any atom is -0.0654 e. The molecule has 0 heterocycles. The summed E-state index contributed by atoms with van der Waals surface area (Å²) in [6.45, 7) is 4.55. The fourth-order valence-electron chi connectivity index (χ4n) is 2.63. The summed E-state index contributed by atoms with van der Waals surface area (Å²) in [6.07, 6.45) is 7.62. The number of unbranched alkanes of at least 4 members (excludes halogenated alkanes) is 2. The van der Waals surface area contributed by atoms with Crippen LogP contribution in [-0.2, 0) is 12.8 Å². The van der Waals surface area contributed by atoms with Crippen LogP contribution in [0.2, 0.25) is 0 Å². The molecule has 0 aliphatic heterocycles. The summed E-state index contributed by atoms with van der Waals surface area (Å²) in [5.74, 6) is 0. The van der Waals surface area contributed by atoms with E-state index in [4.69, 9.17) is 0 Å². The minimum absolute atomic E-state index is 1.23. The first-order valence-corrected chi connectivity index (χ1v) is 7.36. The number of hydrogen-bond acceptors (Lipinski definition) is 0. The van der Waals surface area contributed by atoms with Gasteiger partial charge in [0.25, 0.3) is 0 Å². The molecule has 0 nitrogen and oxygen atoms in total. The van der Waals surface area contributed by atoms with Crippen LogP contribution in [0.5, 0.6) is 0 Å². The molecule has 0 aliphatic carbocycles. The lowest BCUT2D eigenvalue weighted by Crippen LogP contribution is -1.96. The predicted molar refractivity (Wildman–Crippen MR) is 81.2 cm³/mol. The second-order valence-corrected chi connectivity index (χ2v) is 5.13. The van der Waals surface area contributed by atoms with Gasteiger partial charge < -0.3 is 0 Å². The zero-order valence-corrected chi connectivity index (χ0v) is 11.7. The number of aryl methyl sites for hydroxylation is 2. The Morgan fingerprint density at radius 2 is 1.50 bits per heavy atom. The molecule has 0 atom stereocenters. The van der Waals surface area contributed by atoms with E-state index in [2.05, 4.69) is 50.2 Å². The zero-order valence-electron chi connectivity index (χ0n) is 11.7. The first-order valence-electron chi connectivity index (χ1n) is 7.36. The average Bonchev–Trinajstić information content (AvgIpc) is 2.43. The monoisotopic (exact) mass is 240 g/mol. The smallest absolute Gasteiger partial charge is 0.0149 e. The normalized spacial score (nSPS) is 11.0. The largest absolute Gasteiger partial charge is 0.0654 e. The van der Waals surface area contributed by atoms with Gasteiger partial charge in [0.2, 0.25) is 0 Å². The van der Waals surface area contributed by atoms with Crippen molar-refractivity contribution >= 4 is 10.8 Å². The highest BCUT2D eigenvalue weighted by Gasteiger charge is 2.06. The highest BCUT2D eigenvalue weighted by Crippen LogP contribution is 2.25. The molecule has 0 heteroatoms. The Labute approximate surface area is 111 Å². The Bertz CT molecular complexity index is 496. The molecule has 0 unspecified atom stereocenters. The van der Waals surface area contributed by atoms with Crippen LogP contribution >= 0.6 is 0 Å². The molecule has 0 aromatic heterocycles. The standard InChI is InChI=1S/C18H24/c1-3-5-9-15-13-14-16-10-7-8-12-18(16)17(15)11-6-4-2/h7-8,10,12-14H,3-6,9,11H2,1-2H3. The summed E-state index contributed by atoms with van der Waals surface area (Å²) in [5.41, 5.74) is 3.17. The van der Waals surface area contributed by atoms with E-state index in [1.807, 2.05) is 0 Å². The lowest BCUT2D eigenvalue weighted by Gasteiger charge is -2.13. The van der Waals surface area contributed by atoms with Gasteiger partial charge in [0.1, 0.15) is 0 Å². The number of fused-ring (bicyclic) bond motifs is 1. The fraction of sp³-hybridized carbons (Fsp3) is 0.444. The van der Waals surface area contributed by atoms with E-state index >= 15 is 0 Å². The first-order chi connectivity index (χ1) is 8.86. The van der Waals surface area contributed by atoms with Gasteiger partial charge in [0.05, 0.1) is 0 Å². The van der Waals surface area contributed by atoms with Crippen molar-refractivity contribution in [3.05, 3.63) is 47.5 Å². The third kappa shape index (κ3) is 2.93. The number of hydrogen-bond donors (Lipinski definition) is 0. The van der Waals surface area contributed by atoms with Crippen molar-refractivity contribution in [2.75, 3.05) is 0 Å². The first kappa shape index (κ1) is 13.1. The van der Waals surface area contributed by atoms with Crippen LogP contribution in [-0.4, -0.2) is 0 Å². The van der Waals surface area contributed by atoms with Crippen molar-refractivity contribution in [3.63, 3.8) is 0 Å². The van der Waals surface area contributed by atoms with Gasteiger partial charge in [0.15, 0.2) is 0 Å². The van der Waals surface area contributed by atoms with Crippen molar-refractivity contribution in [3.8, 4) is 0 Å². The summed E-state index contributed by atoms with van der Waals surface area (Å²) < 4.78 is 0. The lowest BCUT2D eigenvalue weighted by atomic mass is 9.92. The Kier molecular flexibility index (Phi) is 4.81. The summed E-state index contributed by atoms with van der Waals surface area (Å²) in [4.78, 5) is 0. The Morgan fingerprint density at radius 1 is 0.778 bits per heavy atom. The quantitative estimate of drug-likeness (QED) is 0.623. The topological polar surface area (TPSA) is 0 Å².